The molecule has 1 N–H and O–H groups in total. The van der Waals surface area contributed by atoms with E-state index in [0.717, 1.165) is 12.3 Å². The fraction of sp³-hybridized carbons (Fsp3) is 0.667. The highest BCUT2D eigenvalue weighted by Crippen LogP contribution is 2.30. The third-order valence-corrected chi connectivity index (χ3v) is 5.56. The van der Waals surface area contributed by atoms with Crippen molar-refractivity contribution in [3.8, 4) is 0 Å². The van der Waals surface area contributed by atoms with Gasteiger partial charge in [0.2, 0.25) is 0 Å². The molecule has 0 amide bonds. The molecule has 1 aliphatic carbocycles. The summed E-state index contributed by atoms with van der Waals surface area (Å²) in [4.78, 5) is 0. The average molecular weight is 328 g/mol. The molecule has 0 saturated heterocycles. The maximum absolute atomic E-state index is 6.16. The third kappa shape index (κ3) is 4.87. The molecule has 21 heavy (non-hydrogen) atoms. The van der Waals surface area contributed by atoms with Gasteiger partial charge in [0.15, 0.2) is 0 Å². The van der Waals surface area contributed by atoms with Crippen molar-refractivity contribution in [3.05, 3.63) is 33.8 Å². The molecule has 1 aromatic rings. The summed E-state index contributed by atoms with van der Waals surface area (Å²) in [7, 11) is 0. The SMILES string of the molecule is CCC(N[C@H](C)C1CCCCCC1)c1ccc(Cl)c(Cl)c1. The lowest BCUT2D eigenvalue weighted by atomic mass is 9.91. The molecular weight excluding hydrogens is 301 g/mol. The summed E-state index contributed by atoms with van der Waals surface area (Å²) in [6.45, 7) is 4.57. The predicted molar refractivity (Wildman–Crippen MR) is 93.3 cm³/mol. The summed E-state index contributed by atoms with van der Waals surface area (Å²) >= 11 is 12.2. The minimum atomic E-state index is 0.359. The van der Waals surface area contributed by atoms with Crippen LogP contribution >= 0.6 is 23.2 Å². The zero-order chi connectivity index (χ0) is 15.2. The van der Waals surface area contributed by atoms with Crippen LogP contribution in [0.3, 0.4) is 0 Å². The molecule has 1 unspecified atom stereocenters. The van der Waals surface area contributed by atoms with Crippen LogP contribution < -0.4 is 5.32 Å². The van der Waals surface area contributed by atoms with Gasteiger partial charge in [-0.2, -0.15) is 0 Å². The van der Waals surface area contributed by atoms with Crippen LogP contribution in [0.4, 0.5) is 0 Å². The predicted octanol–water partition coefficient (Wildman–Crippen LogP) is 6.39. The van der Waals surface area contributed by atoms with E-state index in [2.05, 4.69) is 25.2 Å². The van der Waals surface area contributed by atoms with E-state index in [1.807, 2.05) is 12.1 Å². The van der Waals surface area contributed by atoms with Crippen LogP contribution in [0.5, 0.6) is 0 Å². The first-order chi connectivity index (χ1) is 10.1. The zero-order valence-corrected chi connectivity index (χ0v) is 14.7. The standard InChI is InChI=1S/C18H27Cl2N/c1-3-18(15-10-11-16(19)17(20)12-15)21-13(2)14-8-6-4-5-7-9-14/h10-14,18,21H,3-9H2,1-2H3/t13-,18?/m1/s1. The fourth-order valence-corrected chi connectivity index (χ4v) is 3.75. The number of hydrogen-bond donors (Lipinski definition) is 1. The molecule has 1 saturated carbocycles. The first-order valence-corrected chi connectivity index (χ1v) is 9.08. The number of nitrogens with one attached hydrogen (secondary N) is 1. The van der Waals surface area contributed by atoms with Crippen LogP contribution in [0.15, 0.2) is 18.2 Å². The van der Waals surface area contributed by atoms with Crippen LogP contribution in [0.25, 0.3) is 0 Å². The number of halogens is 2. The lowest BCUT2D eigenvalue weighted by Crippen LogP contribution is -2.36. The van der Waals surface area contributed by atoms with Gasteiger partial charge in [-0.3, -0.25) is 0 Å². The summed E-state index contributed by atoms with van der Waals surface area (Å²) in [5, 5.41) is 5.11. The van der Waals surface area contributed by atoms with Crippen molar-refractivity contribution in [1.82, 2.24) is 5.32 Å². The molecule has 2 atom stereocenters. The lowest BCUT2D eigenvalue weighted by molar-refractivity contribution is 0.306. The maximum Gasteiger partial charge on any atom is 0.0595 e. The molecular formula is C18H27Cl2N. The van der Waals surface area contributed by atoms with E-state index in [1.54, 1.807) is 0 Å². The molecule has 1 aliphatic rings. The summed E-state index contributed by atoms with van der Waals surface area (Å²) in [6, 6.07) is 6.92. The normalized spacial score (nSPS) is 20.0. The van der Waals surface area contributed by atoms with Gasteiger partial charge in [0.1, 0.15) is 0 Å². The van der Waals surface area contributed by atoms with E-state index < -0.39 is 0 Å². The summed E-state index contributed by atoms with van der Waals surface area (Å²) < 4.78 is 0. The minimum absolute atomic E-state index is 0.359. The highest BCUT2D eigenvalue weighted by atomic mass is 35.5. The minimum Gasteiger partial charge on any atom is -0.307 e. The van der Waals surface area contributed by atoms with Crippen LogP contribution in [0.2, 0.25) is 10.0 Å². The lowest BCUT2D eigenvalue weighted by Gasteiger charge is -2.29. The van der Waals surface area contributed by atoms with Gasteiger partial charge in [0, 0.05) is 12.1 Å². The van der Waals surface area contributed by atoms with Gasteiger partial charge in [-0.15, -0.1) is 0 Å². The molecule has 0 radical (unpaired) electrons. The molecule has 0 aromatic heterocycles. The van der Waals surface area contributed by atoms with E-state index in [4.69, 9.17) is 23.2 Å². The van der Waals surface area contributed by atoms with E-state index in [9.17, 15) is 0 Å². The quantitative estimate of drug-likeness (QED) is 0.617. The monoisotopic (exact) mass is 327 g/mol. The second-order valence-corrected chi connectivity index (χ2v) is 7.16. The fourth-order valence-electron chi connectivity index (χ4n) is 3.44. The smallest absolute Gasteiger partial charge is 0.0595 e. The molecule has 0 heterocycles. The van der Waals surface area contributed by atoms with Gasteiger partial charge in [-0.1, -0.05) is 61.9 Å². The van der Waals surface area contributed by atoms with Gasteiger partial charge >= 0.3 is 0 Å². The Kier molecular flexibility index (Phi) is 6.85. The van der Waals surface area contributed by atoms with Crippen molar-refractivity contribution in [3.63, 3.8) is 0 Å². The van der Waals surface area contributed by atoms with Crippen molar-refractivity contribution in [1.29, 1.82) is 0 Å². The van der Waals surface area contributed by atoms with Crippen molar-refractivity contribution in [2.45, 2.75) is 70.9 Å². The Morgan fingerprint density at radius 2 is 1.76 bits per heavy atom. The van der Waals surface area contributed by atoms with Crippen LogP contribution in [0, 0.1) is 5.92 Å². The highest BCUT2D eigenvalue weighted by molar-refractivity contribution is 6.42. The van der Waals surface area contributed by atoms with Crippen molar-refractivity contribution >= 4 is 23.2 Å². The first kappa shape index (κ1) is 17.1. The topological polar surface area (TPSA) is 12.0 Å². The van der Waals surface area contributed by atoms with E-state index in [0.29, 0.717) is 22.1 Å². The van der Waals surface area contributed by atoms with Crippen LogP contribution in [-0.2, 0) is 0 Å². The molecule has 118 valence electrons. The Morgan fingerprint density at radius 1 is 1.10 bits per heavy atom. The van der Waals surface area contributed by atoms with Crippen molar-refractivity contribution in [2.75, 3.05) is 0 Å². The van der Waals surface area contributed by atoms with E-state index in [-0.39, 0.29) is 0 Å². The second-order valence-electron chi connectivity index (χ2n) is 6.34. The van der Waals surface area contributed by atoms with Crippen LogP contribution in [0.1, 0.15) is 70.4 Å². The Balaban J connectivity index is 2.01. The van der Waals surface area contributed by atoms with Crippen molar-refractivity contribution < 1.29 is 0 Å². The number of hydrogen-bond acceptors (Lipinski definition) is 1. The van der Waals surface area contributed by atoms with Gasteiger partial charge in [-0.05, 0) is 49.8 Å². The summed E-state index contributed by atoms with van der Waals surface area (Å²) in [5.41, 5.74) is 1.24. The molecule has 3 heteroatoms. The molecule has 1 aromatic carbocycles. The molecule has 1 fully saturated rings. The average Bonchev–Trinajstić information content (AvgIpc) is 2.76. The summed E-state index contributed by atoms with van der Waals surface area (Å²) in [6.07, 6.45) is 9.40. The second kappa shape index (κ2) is 8.41. The molecule has 1 nitrogen and oxygen atoms in total. The Hall–Kier alpha value is -0.240. The Morgan fingerprint density at radius 3 is 2.33 bits per heavy atom. The summed E-state index contributed by atoms with van der Waals surface area (Å²) in [5.74, 6) is 0.810. The molecule has 2 rings (SSSR count). The van der Waals surface area contributed by atoms with Gasteiger partial charge in [-0.25, -0.2) is 0 Å². The Labute approximate surface area is 139 Å². The zero-order valence-electron chi connectivity index (χ0n) is 13.2. The van der Waals surface area contributed by atoms with Crippen LogP contribution in [-0.4, -0.2) is 6.04 Å². The molecule has 0 spiro atoms. The maximum atomic E-state index is 6.16. The van der Waals surface area contributed by atoms with Crippen molar-refractivity contribution in [2.24, 2.45) is 5.92 Å². The first-order valence-electron chi connectivity index (χ1n) is 8.32. The molecule has 0 bridgehead atoms. The van der Waals surface area contributed by atoms with E-state index in [1.165, 1.54) is 44.1 Å². The Bertz CT molecular complexity index is 439. The van der Waals surface area contributed by atoms with Gasteiger partial charge in [0.25, 0.3) is 0 Å². The van der Waals surface area contributed by atoms with E-state index >= 15 is 0 Å². The largest absolute Gasteiger partial charge is 0.307 e. The molecule has 0 aliphatic heterocycles. The number of rotatable bonds is 5. The van der Waals surface area contributed by atoms with Gasteiger partial charge < -0.3 is 5.32 Å². The highest BCUT2D eigenvalue weighted by Gasteiger charge is 2.22. The number of benzene rings is 1. The third-order valence-electron chi connectivity index (χ3n) is 4.83. The van der Waals surface area contributed by atoms with Gasteiger partial charge in [0.05, 0.1) is 10.0 Å².